The Hall–Kier alpha value is -3.35. The Labute approximate surface area is 228 Å². The zero-order valence-electron chi connectivity index (χ0n) is 24.5. The van der Waals surface area contributed by atoms with Crippen LogP contribution in [0.25, 0.3) is 0 Å². The highest BCUT2D eigenvalue weighted by atomic mass is 16.6. The third-order valence-electron chi connectivity index (χ3n) is 6.58. The van der Waals surface area contributed by atoms with Crippen LogP contribution in [0.5, 0.6) is 0 Å². The third-order valence-corrected chi connectivity index (χ3v) is 6.58. The highest BCUT2D eigenvalue weighted by molar-refractivity contribution is 6.00. The van der Waals surface area contributed by atoms with Gasteiger partial charge in [0.15, 0.2) is 0 Å². The van der Waals surface area contributed by atoms with E-state index >= 15 is 0 Å². The molecule has 208 valence electrons. The van der Waals surface area contributed by atoms with E-state index in [4.69, 9.17) is 4.74 Å². The molecule has 0 radical (unpaired) electrons. The molecule has 7 heteroatoms. The first-order valence-electron chi connectivity index (χ1n) is 13.5. The largest absolute Gasteiger partial charge is 0.444 e. The van der Waals surface area contributed by atoms with Gasteiger partial charge in [0.2, 0.25) is 5.91 Å². The van der Waals surface area contributed by atoms with Crippen LogP contribution in [0.1, 0.15) is 82.7 Å². The monoisotopic (exact) mass is 523 g/mol. The molecule has 2 rings (SSSR count). The summed E-state index contributed by atoms with van der Waals surface area (Å²) in [6.45, 7) is 17.4. The maximum Gasteiger partial charge on any atom is 0.408 e. The fourth-order valence-electron chi connectivity index (χ4n) is 4.33. The lowest BCUT2D eigenvalue weighted by Crippen LogP contribution is -2.54. The predicted molar refractivity (Wildman–Crippen MR) is 153 cm³/mol. The van der Waals surface area contributed by atoms with Gasteiger partial charge in [0.05, 0.1) is 0 Å². The Morgan fingerprint density at radius 1 is 0.947 bits per heavy atom. The molecule has 0 saturated heterocycles. The molecule has 0 saturated carbocycles. The topological polar surface area (TPSA) is 87.7 Å². The van der Waals surface area contributed by atoms with Gasteiger partial charge in [0.1, 0.15) is 17.7 Å². The second-order valence-corrected chi connectivity index (χ2v) is 11.1. The Morgan fingerprint density at radius 3 is 2.03 bits per heavy atom. The summed E-state index contributed by atoms with van der Waals surface area (Å²) in [4.78, 5) is 42.5. The van der Waals surface area contributed by atoms with Crippen molar-refractivity contribution in [1.29, 1.82) is 0 Å². The summed E-state index contributed by atoms with van der Waals surface area (Å²) in [6.07, 6.45) is 0.653. The molecular formula is C31H45N3O4. The van der Waals surface area contributed by atoms with E-state index in [1.807, 2.05) is 84.0 Å². The van der Waals surface area contributed by atoms with Gasteiger partial charge in [-0.2, -0.15) is 0 Å². The molecule has 0 fully saturated rings. The van der Waals surface area contributed by atoms with Gasteiger partial charge in [-0.05, 0) is 70.6 Å². The van der Waals surface area contributed by atoms with E-state index in [1.165, 1.54) is 0 Å². The molecule has 38 heavy (non-hydrogen) atoms. The molecule has 7 nitrogen and oxygen atoms in total. The van der Waals surface area contributed by atoms with Gasteiger partial charge >= 0.3 is 6.09 Å². The molecule has 3 unspecified atom stereocenters. The number of ether oxygens (including phenoxy) is 1. The van der Waals surface area contributed by atoms with Crippen LogP contribution in [-0.4, -0.2) is 41.0 Å². The molecule has 0 aliphatic rings. The van der Waals surface area contributed by atoms with E-state index < -0.39 is 23.8 Å². The summed E-state index contributed by atoms with van der Waals surface area (Å²) in [7, 11) is 0. The van der Waals surface area contributed by atoms with Gasteiger partial charge in [0.25, 0.3) is 5.91 Å². The van der Waals surface area contributed by atoms with Gasteiger partial charge in [-0.15, -0.1) is 0 Å². The minimum atomic E-state index is -0.881. The number of hydrogen-bond acceptors (Lipinski definition) is 4. The van der Waals surface area contributed by atoms with Crippen LogP contribution in [0.2, 0.25) is 0 Å². The van der Waals surface area contributed by atoms with Gasteiger partial charge < -0.3 is 20.3 Å². The summed E-state index contributed by atoms with van der Waals surface area (Å²) in [5.41, 5.74) is 3.69. The summed E-state index contributed by atoms with van der Waals surface area (Å²) in [5, 5.41) is 5.90. The highest BCUT2D eigenvalue weighted by Crippen LogP contribution is 2.28. The zero-order chi connectivity index (χ0) is 28.6. The van der Waals surface area contributed by atoms with Crippen LogP contribution in [0.15, 0.2) is 42.5 Å². The maximum absolute atomic E-state index is 14.2. The van der Waals surface area contributed by atoms with Gasteiger partial charge in [-0.1, -0.05) is 75.2 Å². The SMILES string of the molecule is CCCN(C(=O)C(NC(=O)OC(C)(C)C)C(C)CC)C(C(=O)Nc1c(C)cccc1C)c1ccc(C)cc1. The average molecular weight is 524 g/mol. The first kappa shape index (κ1) is 30.9. The van der Waals surface area contributed by atoms with E-state index in [0.29, 0.717) is 24.9 Å². The third kappa shape index (κ3) is 8.33. The number of alkyl carbamates (subject to hydrolysis) is 1. The Morgan fingerprint density at radius 2 is 1.53 bits per heavy atom. The molecular weight excluding hydrogens is 478 g/mol. The molecule has 0 aromatic heterocycles. The van der Waals surface area contributed by atoms with Crippen molar-refractivity contribution in [1.82, 2.24) is 10.2 Å². The van der Waals surface area contributed by atoms with Gasteiger partial charge in [-0.3, -0.25) is 9.59 Å². The number of nitrogens with zero attached hydrogens (tertiary/aromatic N) is 1. The molecule has 0 spiro atoms. The van der Waals surface area contributed by atoms with Crippen LogP contribution in [-0.2, 0) is 14.3 Å². The summed E-state index contributed by atoms with van der Waals surface area (Å²) in [6, 6.07) is 11.8. The van der Waals surface area contributed by atoms with Crippen molar-refractivity contribution >= 4 is 23.6 Å². The number of para-hydroxylation sites is 1. The van der Waals surface area contributed by atoms with Crippen LogP contribution in [0.4, 0.5) is 10.5 Å². The second kappa shape index (κ2) is 13.4. The number of hydrogen-bond donors (Lipinski definition) is 2. The predicted octanol–water partition coefficient (Wildman–Crippen LogP) is 6.47. The van der Waals surface area contributed by atoms with Crippen LogP contribution < -0.4 is 10.6 Å². The Kier molecular flexibility index (Phi) is 10.9. The first-order valence-corrected chi connectivity index (χ1v) is 13.5. The standard InChI is InChI=1S/C31H45N3O4/c1-10-19-34(29(36)26(21(4)11-2)33-30(37)38-31(7,8)9)27(24-17-15-20(3)16-18-24)28(35)32-25-22(5)13-12-14-23(25)6/h12-18,21,26-27H,10-11,19H2,1-9H3,(H,32,35)(H,33,37). The average Bonchev–Trinajstić information content (AvgIpc) is 2.83. The van der Waals surface area contributed by atoms with E-state index in [-0.39, 0.29) is 17.7 Å². The van der Waals surface area contributed by atoms with E-state index in [9.17, 15) is 14.4 Å². The van der Waals surface area contributed by atoms with Crippen molar-refractivity contribution in [3.8, 4) is 0 Å². The number of benzene rings is 2. The zero-order valence-corrected chi connectivity index (χ0v) is 24.5. The van der Waals surface area contributed by atoms with Crippen molar-refractivity contribution in [3.63, 3.8) is 0 Å². The van der Waals surface area contributed by atoms with Crippen molar-refractivity contribution in [2.75, 3.05) is 11.9 Å². The molecule has 2 aromatic rings. The van der Waals surface area contributed by atoms with Gasteiger partial charge in [-0.25, -0.2) is 4.79 Å². The number of rotatable bonds is 10. The lowest BCUT2D eigenvalue weighted by atomic mass is 9.95. The number of aryl methyl sites for hydroxylation is 3. The lowest BCUT2D eigenvalue weighted by Gasteiger charge is -2.36. The number of carbonyl (C=O) groups is 3. The number of nitrogens with one attached hydrogen (secondary N) is 2. The van der Waals surface area contributed by atoms with Crippen molar-refractivity contribution in [2.45, 2.75) is 92.8 Å². The summed E-state index contributed by atoms with van der Waals surface area (Å²) in [5.74, 6) is -0.780. The normalized spacial score (nSPS) is 13.7. The highest BCUT2D eigenvalue weighted by Gasteiger charge is 2.38. The molecule has 0 aliphatic carbocycles. The summed E-state index contributed by atoms with van der Waals surface area (Å²) >= 11 is 0. The molecule has 0 heterocycles. The minimum Gasteiger partial charge on any atom is -0.444 e. The molecule has 2 N–H and O–H groups in total. The smallest absolute Gasteiger partial charge is 0.408 e. The fraction of sp³-hybridized carbons (Fsp3) is 0.516. The van der Waals surface area contributed by atoms with Crippen LogP contribution in [0.3, 0.4) is 0 Å². The minimum absolute atomic E-state index is 0.172. The maximum atomic E-state index is 14.2. The van der Waals surface area contributed by atoms with Crippen molar-refractivity contribution < 1.29 is 19.1 Å². The molecule has 0 bridgehead atoms. The number of anilines is 1. The van der Waals surface area contributed by atoms with Crippen LogP contribution >= 0.6 is 0 Å². The van der Waals surface area contributed by atoms with Crippen molar-refractivity contribution in [2.24, 2.45) is 5.92 Å². The lowest BCUT2D eigenvalue weighted by molar-refractivity contribution is -0.141. The second-order valence-electron chi connectivity index (χ2n) is 11.1. The van der Waals surface area contributed by atoms with Gasteiger partial charge in [0, 0.05) is 12.2 Å². The molecule has 2 aromatic carbocycles. The number of carbonyl (C=O) groups excluding carboxylic acids is 3. The number of amides is 3. The van der Waals surface area contributed by atoms with E-state index in [2.05, 4.69) is 10.6 Å². The molecule has 3 amide bonds. The van der Waals surface area contributed by atoms with E-state index in [1.54, 1.807) is 25.7 Å². The summed E-state index contributed by atoms with van der Waals surface area (Å²) < 4.78 is 5.46. The Bertz CT molecular complexity index is 1080. The Balaban J connectivity index is 2.55. The first-order chi connectivity index (χ1) is 17.8. The molecule has 0 aliphatic heterocycles. The molecule has 3 atom stereocenters. The fourth-order valence-corrected chi connectivity index (χ4v) is 4.33. The van der Waals surface area contributed by atoms with Crippen LogP contribution in [0, 0.1) is 26.7 Å². The quantitative estimate of drug-likeness (QED) is 0.374. The van der Waals surface area contributed by atoms with Crippen molar-refractivity contribution in [3.05, 3.63) is 64.7 Å². The van der Waals surface area contributed by atoms with E-state index in [0.717, 1.165) is 22.4 Å².